The number of ether oxygens (including phenoxy) is 3. The van der Waals surface area contributed by atoms with E-state index in [-0.39, 0.29) is 35.0 Å². The van der Waals surface area contributed by atoms with Gasteiger partial charge in [-0.3, -0.25) is 0 Å². The molecule has 1 aromatic rings. The maximum absolute atomic E-state index is 12.5. The Morgan fingerprint density at radius 2 is 2.08 bits per heavy atom. The van der Waals surface area contributed by atoms with Crippen molar-refractivity contribution in [3.8, 4) is 5.75 Å². The van der Waals surface area contributed by atoms with Crippen molar-refractivity contribution in [2.75, 3.05) is 20.3 Å². The molecule has 1 aliphatic carbocycles. The zero-order valence-electron chi connectivity index (χ0n) is 14.2. The van der Waals surface area contributed by atoms with E-state index >= 15 is 0 Å². The third-order valence-corrected chi connectivity index (χ3v) is 5.80. The van der Waals surface area contributed by atoms with E-state index in [1.54, 1.807) is 0 Å². The van der Waals surface area contributed by atoms with E-state index in [1.807, 2.05) is 0 Å². The number of carbonyl (C=O) groups excluding carboxylic acids is 1. The number of benzene rings is 1. The molecule has 1 heterocycles. The Kier molecular flexibility index (Phi) is 5.61. The van der Waals surface area contributed by atoms with Crippen molar-refractivity contribution in [3.05, 3.63) is 23.8 Å². The summed E-state index contributed by atoms with van der Waals surface area (Å²) < 4.78 is 43.5. The lowest BCUT2D eigenvalue weighted by atomic mass is 10.1. The lowest BCUT2D eigenvalue weighted by molar-refractivity contribution is -0.0300. The van der Waals surface area contributed by atoms with Gasteiger partial charge in [-0.05, 0) is 50.3 Å². The van der Waals surface area contributed by atoms with E-state index < -0.39 is 16.0 Å². The van der Waals surface area contributed by atoms with Crippen LogP contribution in [0.2, 0.25) is 0 Å². The highest BCUT2D eigenvalue weighted by Gasteiger charge is 2.30. The Morgan fingerprint density at radius 3 is 2.72 bits per heavy atom. The molecule has 2 aliphatic rings. The van der Waals surface area contributed by atoms with Gasteiger partial charge < -0.3 is 14.2 Å². The fourth-order valence-electron chi connectivity index (χ4n) is 2.69. The van der Waals surface area contributed by atoms with E-state index in [4.69, 9.17) is 14.2 Å². The van der Waals surface area contributed by atoms with Gasteiger partial charge in [-0.15, -0.1) is 0 Å². The number of hydrogen-bond acceptors (Lipinski definition) is 6. The number of sulfonamides is 1. The quantitative estimate of drug-likeness (QED) is 0.738. The average molecular weight is 369 g/mol. The van der Waals surface area contributed by atoms with Crippen molar-refractivity contribution in [3.63, 3.8) is 0 Å². The molecule has 1 aromatic carbocycles. The highest BCUT2D eigenvalue weighted by Crippen LogP contribution is 2.28. The normalized spacial score (nSPS) is 20.9. The molecule has 0 aromatic heterocycles. The van der Waals surface area contributed by atoms with Crippen LogP contribution in [-0.4, -0.2) is 46.9 Å². The molecule has 1 atom stereocenters. The number of methoxy groups -OCH3 is 1. The lowest BCUT2D eigenvalue weighted by Gasteiger charge is -2.22. The highest BCUT2D eigenvalue weighted by molar-refractivity contribution is 7.89. The lowest BCUT2D eigenvalue weighted by Crippen LogP contribution is -2.27. The monoisotopic (exact) mass is 369 g/mol. The first-order valence-corrected chi connectivity index (χ1v) is 9.97. The van der Waals surface area contributed by atoms with E-state index in [2.05, 4.69) is 4.72 Å². The summed E-state index contributed by atoms with van der Waals surface area (Å²) in [7, 11) is -2.35. The molecule has 2 fully saturated rings. The second kappa shape index (κ2) is 7.72. The first-order valence-electron chi connectivity index (χ1n) is 8.48. The van der Waals surface area contributed by atoms with Crippen molar-refractivity contribution in [2.45, 2.75) is 49.1 Å². The molecule has 0 spiro atoms. The molecular formula is C17H23NO6S. The number of nitrogens with one attached hydrogen (secondary N) is 1. The van der Waals surface area contributed by atoms with Gasteiger partial charge in [0.15, 0.2) is 0 Å². The van der Waals surface area contributed by atoms with Gasteiger partial charge in [-0.25, -0.2) is 17.9 Å². The molecule has 3 rings (SSSR count). The van der Waals surface area contributed by atoms with Gasteiger partial charge in [0.25, 0.3) is 0 Å². The van der Waals surface area contributed by atoms with E-state index in [0.717, 1.165) is 32.1 Å². The molecule has 0 radical (unpaired) electrons. The first-order chi connectivity index (χ1) is 12.0. The minimum Gasteiger partial charge on any atom is -0.495 e. The molecule has 7 nitrogen and oxygen atoms in total. The van der Waals surface area contributed by atoms with Crippen molar-refractivity contribution in [2.24, 2.45) is 0 Å². The number of rotatable bonds is 7. The van der Waals surface area contributed by atoms with Crippen LogP contribution in [0, 0.1) is 0 Å². The maximum Gasteiger partial charge on any atom is 0.338 e. The van der Waals surface area contributed by atoms with Crippen LogP contribution in [0.15, 0.2) is 23.1 Å². The summed E-state index contributed by atoms with van der Waals surface area (Å²) in [6, 6.07) is 4.23. The molecule has 1 aliphatic heterocycles. The predicted octanol–water partition coefficient (Wildman–Crippen LogP) is 1.86. The Hall–Kier alpha value is -1.64. The fourth-order valence-corrected chi connectivity index (χ4v) is 4.19. The second-order valence-electron chi connectivity index (χ2n) is 6.35. The molecule has 1 saturated carbocycles. The minimum atomic E-state index is -3.74. The van der Waals surface area contributed by atoms with Crippen molar-refractivity contribution < 1.29 is 27.4 Å². The Labute approximate surface area is 147 Å². The van der Waals surface area contributed by atoms with Crippen LogP contribution >= 0.6 is 0 Å². The van der Waals surface area contributed by atoms with Crippen LogP contribution in [0.1, 0.15) is 42.5 Å². The molecule has 138 valence electrons. The number of esters is 1. The molecule has 1 saturated heterocycles. The van der Waals surface area contributed by atoms with Crippen LogP contribution in [0.5, 0.6) is 5.75 Å². The van der Waals surface area contributed by atoms with Gasteiger partial charge in [0.05, 0.1) is 18.8 Å². The standard InChI is InChI=1S/C17H23NO6S/c1-22-15-8-5-12(10-16(15)25(20,21)18-13-6-7-13)17(19)24-11-14-4-2-3-9-23-14/h5,8,10,13-14,18H,2-4,6-7,9,11H2,1H3/t14-/m1/s1. The Bertz CT molecular complexity index is 723. The zero-order valence-corrected chi connectivity index (χ0v) is 15.0. The van der Waals surface area contributed by atoms with Crippen LogP contribution in [0.3, 0.4) is 0 Å². The number of carbonyl (C=O) groups is 1. The molecule has 25 heavy (non-hydrogen) atoms. The Morgan fingerprint density at radius 1 is 1.28 bits per heavy atom. The third-order valence-electron chi connectivity index (χ3n) is 4.26. The predicted molar refractivity (Wildman–Crippen MR) is 90.2 cm³/mol. The summed E-state index contributed by atoms with van der Waals surface area (Å²) in [6.07, 6.45) is 4.50. The van der Waals surface area contributed by atoms with Gasteiger partial charge in [0, 0.05) is 12.6 Å². The summed E-state index contributed by atoms with van der Waals surface area (Å²) in [5, 5.41) is 0. The molecular weight excluding hydrogens is 346 g/mol. The molecule has 0 unspecified atom stereocenters. The van der Waals surface area contributed by atoms with Gasteiger partial charge >= 0.3 is 5.97 Å². The number of hydrogen-bond donors (Lipinski definition) is 1. The largest absolute Gasteiger partial charge is 0.495 e. The summed E-state index contributed by atoms with van der Waals surface area (Å²) in [5.41, 5.74) is 0.174. The first kappa shape index (κ1) is 18.2. The van der Waals surface area contributed by atoms with Crippen molar-refractivity contribution >= 4 is 16.0 Å². The van der Waals surface area contributed by atoms with Gasteiger partial charge in [0.2, 0.25) is 10.0 Å². The minimum absolute atomic E-state index is 0.0336. The summed E-state index contributed by atoms with van der Waals surface area (Å²) in [4.78, 5) is 12.2. The van der Waals surface area contributed by atoms with Crippen LogP contribution < -0.4 is 9.46 Å². The van der Waals surface area contributed by atoms with E-state index in [9.17, 15) is 13.2 Å². The fraction of sp³-hybridized carbons (Fsp3) is 0.588. The smallest absolute Gasteiger partial charge is 0.338 e. The highest BCUT2D eigenvalue weighted by atomic mass is 32.2. The van der Waals surface area contributed by atoms with Crippen molar-refractivity contribution in [1.82, 2.24) is 4.72 Å². The van der Waals surface area contributed by atoms with Crippen molar-refractivity contribution in [1.29, 1.82) is 0 Å². The van der Waals surface area contributed by atoms with E-state index in [0.29, 0.717) is 6.61 Å². The second-order valence-corrected chi connectivity index (χ2v) is 8.03. The Balaban J connectivity index is 1.72. The van der Waals surface area contributed by atoms with Crippen LogP contribution in [0.25, 0.3) is 0 Å². The summed E-state index contributed by atoms with van der Waals surface area (Å²) >= 11 is 0. The maximum atomic E-state index is 12.5. The molecule has 0 bridgehead atoms. The van der Waals surface area contributed by atoms with Crippen LogP contribution in [0.4, 0.5) is 0 Å². The summed E-state index contributed by atoms with van der Waals surface area (Å²) in [5.74, 6) is -0.375. The van der Waals surface area contributed by atoms with Gasteiger partial charge in [-0.1, -0.05) is 0 Å². The van der Waals surface area contributed by atoms with Crippen LogP contribution in [-0.2, 0) is 19.5 Å². The van der Waals surface area contributed by atoms with Gasteiger partial charge in [0.1, 0.15) is 17.3 Å². The molecule has 1 N–H and O–H groups in total. The topological polar surface area (TPSA) is 90.9 Å². The SMILES string of the molecule is COc1ccc(C(=O)OC[C@H]2CCCCO2)cc1S(=O)(=O)NC1CC1. The zero-order chi connectivity index (χ0) is 17.9. The third kappa shape index (κ3) is 4.71. The van der Waals surface area contributed by atoms with E-state index in [1.165, 1.54) is 25.3 Å². The molecule has 0 amide bonds. The van der Waals surface area contributed by atoms with Gasteiger partial charge in [-0.2, -0.15) is 0 Å². The summed E-state index contributed by atoms with van der Waals surface area (Å²) in [6.45, 7) is 0.854. The average Bonchev–Trinajstić information content (AvgIpc) is 3.43. The molecule has 8 heteroatoms.